The van der Waals surface area contributed by atoms with Crippen molar-refractivity contribution < 1.29 is 30.0 Å². The highest BCUT2D eigenvalue weighted by atomic mass is 16.4. The molecule has 0 rings (SSSR count). The molecule has 0 fully saturated rings. The van der Waals surface area contributed by atoms with E-state index in [9.17, 15) is 24.9 Å². The second-order valence-corrected chi connectivity index (χ2v) is 3.50. The number of aliphatic hydroxyl groups is 4. The van der Waals surface area contributed by atoms with E-state index in [4.69, 9.17) is 16.6 Å². The number of carbonyl (C=O) groups excluding carboxylic acids is 2. The van der Waals surface area contributed by atoms with Gasteiger partial charge in [-0.15, -0.1) is 0 Å². The van der Waals surface area contributed by atoms with E-state index in [2.05, 4.69) is 0 Å². The lowest BCUT2D eigenvalue weighted by molar-refractivity contribution is -0.171. The molecule has 0 spiro atoms. The molecule has 1 amide bonds. The summed E-state index contributed by atoms with van der Waals surface area (Å²) in [5, 5.41) is 37.2. The van der Waals surface area contributed by atoms with Crippen LogP contribution in [-0.2, 0) is 9.59 Å². The Balaban J connectivity index is 4.96. The fourth-order valence-corrected chi connectivity index (χ4v) is 1.06. The van der Waals surface area contributed by atoms with Crippen LogP contribution in [0.2, 0.25) is 0 Å². The molecular weight excluding hydrogens is 220 g/mol. The Bertz CT molecular complexity index is 284. The first-order chi connectivity index (χ1) is 7.18. The van der Waals surface area contributed by atoms with Gasteiger partial charge in [0.2, 0.25) is 5.91 Å². The number of rotatable bonds is 6. The lowest BCUT2D eigenvalue weighted by atomic mass is 9.87. The molecule has 0 heterocycles. The number of hydrogen-bond donors (Lipinski definition) is 6. The molecule has 16 heavy (non-hydrogen) atoms. The Morgan fingerprint density at radius 1 is 1.38 bits per heavy atom. The fourth-order valence-electron chi connectivity index (χ4n) is 1.06. The average Bonchev–Trinajstić information content (AvgIpc) is 2.24. The molecular formula is C8H16N2O6. The number of carbonyl (C=O) groups is 2. The van der Waals surface area contributed by atoms with Gasteiger partial charge in [0, 0.05) is 0 Å². The smallest absolute Gasteiger partial charge is 0.237 e. The van der Waals surface area contributed by atoms with Crippen molar-refractivity contribution >= 4 is 11.7 Å². The Morgan fingerprint density at radius 2 is 1.81 bits per heavy atom. The van der Waals surface area contributed by atoms with Gasteiger partial charge in [0.15, 0.2) is 11.4 Å². The van der Waals surface area contributed by atoms with Crippen molar-refractivity contribution in [1.82, 2.24) is 0 Å². The topological polar surface area (TPSA) is 167 Å². The number of aliphatic hydroxyl groups excluding tert-OH is 3. The maximum absolute atomic E-state index is 11.0. The molecule has 4 atom stereocenters. The molecule has 8 nitrogen and oxygen atoms in total. The molecule has 8 heteroatoms. The van der Waals surface area contributed by atoms with Crippen molar-refractivity contribution in [2.75, 3.05) is 6.61 Å². The Kier molecular flexibility index (Phi) is 4.97. The van der Waals surface area contributed by atoms with E-state index in [-0.39, 0.29) is 0 Å². The molecule has 0 aliphatic carbocycles. The molecule has 0 aliphatic heterocycles. The van der Waals surface area contributed by atoms with Crippen molar-refractivity contribution in [2.24, 2.45) is 11.5 Å². The molecule has 0 aromatic heterocycles. The molecule has 0 aromatic carbocycles. The lowest BCUT2D eigenvalue weighted by Gasteiger charge is -2.33. The number of nitrogens with two attached hydrogens (primary N) is 2. The summed E-state index contributed by atoms with van der Waals surface area (Å²) in [6.07, 6.45) is -4.07. The molecule has 0 saturated heterocycles. The third-order valence-electron chi connectivity index (χ3n) is 2.36. The van der Waals surface area contributed by atoms with Gasteiger partial charge in [0.1, 0.15) is 18.2 Å². The van der Waals surface area contributed by atoms with Crippen LogP contribution >= 0.6 is 0 Å². The second kappa shape index (κ2) is 5.32. The molecule has 94 valence electrons. The Labute approximate surface area is 91.5 Å². The van der Waals surface area contributed by atoms with Crippen LogP contribution < -0.4 is 11.5 Å². The Hall–Kier alpha value is -1.06. The van der Waals surface area contributed by atoms with Crippen LogP contribution in [0.5, 0.6) is 0 Å². The monoisotopic (exact) mass is 236 g/mol. The zero-order valence-corrected chi connectivity index (χ0v) is 8.70. The van der Waals surface area contributed by atoms with Gasteiger partial charge >= 0.3 is 0 Å². The SMILES string of the molecule is CC(=O)[C@@](O)(CO)[C@H](O)[C@H](O)[C@@H](N)C(N)=O. The number of hydrogen-bond acceptors (Lipinski definition) is 7. The van der Waals surface area contributed by atoms with Crippen LogP contribution in [0.1, 0.15) is 6.92 Å². The lowest BCUT2D eigenvalue weighted by Crippen LogP contribution is -2.62. The van der Waals surface area contributed by atoms with E-state index in [1.54, 1.807) is 0 Å². The number of ketones is 1. The summed E-state index contributed by atoms with van der Waals surface area (Å²) >= 11 is 0. The van der Waals surface area contributed by atoms with Gasteiger partial charge in [0.05, 0.1) is 6.61 Å². The van der Waals surface area contributed by atoms with Gasteiger partial charge in [-0.2, -0.15) is 0 Å². The van der Waals surface area contributed by atoms with E-state index in [1.807, 2.05) is 0 Å². The summed E-state index contributed by atoms with van der Waals surface area (Å²) in [7, 11) is 0. The largest absolute Gasteiger partial charge is 0.393 e. The van der Waals surface area contributed by atoms with Gasteiger partial charge < -0.3 is 31.9 Å². The predicted molar refractivity (Wildman–Crippen MR) is 51.9 cm³/mol. The predicted octanol–water partition coefficient (Wildman–Crippen LogP) is -4.17. The van der Waals surface area contributed by atoms with Gasteiger partial charge in [-0.1, -0.05) is 0 Å². The van der Waals surface area contributed by atoms with E-state index < -0.39 is 42.1 Å². The minimum Gasteiger partial charge on any atom is -0.393 e. The highest BCUT2D eigenvalue weighted by Crippen LogP contribution is 2.16. The molecule has 8 N–H and O–H groups in total. The fraction of sp³-hybridized carbons (Fsp3) is 0.750. The molecule has 0 unspecified atom stereocenters. The number of amides is 1. The summed E-state index contributed by atoms with van der Waals surface area (Å²) < 4.78 is 0. The quantitative estimate of drug-likeness (QED) is 0.272. The maximum Gasteiger partial charge on any atom is 0.237 e. The molecule has 0 aliphatic rings. The van der Waals surface area contributed by atoms with E-state index >= 15 is 0 Å². The molecule has 0 aromatic rings. The van der Waals surface area contributed by atoms with E-state index in [0.29, 0.717) is 0 Å². The number of primary amides is 1. The van der Waals surface area contributed by atoms with Crippen molar-refractivity contribution in [3.63, 3.8) is 0 Å². The summed E-state index contributed by atoms with van der Waals surface area (Å²) in [5.41, 5.74) is 7.32. The summed E-state index contributed by atoms with van der Waals surface area (Å²) in [6, 6.07) is -1.66. The van der Waals surface area contributed by atoms with Gasteiger partial charge in [0.25, 0.3) is 0 Å². The standard InChI is InChI=1S/C8H16N2O6/c1-3(12)8(16,2-11)6(14)5(13)4(9)7(10)15/h4-6,11,13-14,16H,2,9H2,1H3,(H2,10,15)/t4-,5-,6-,8+/m1/s1. The van der Waals surface area contributed by atoms with Crippen molar-refractivity contribution in [2.45, 2.75) is 30.8 Å². The normalized spacial score (nSPS) is 20.6. The molecule has 0 radical (unpaired) electrons. The first-order valence-electron chi connectivity index (χ1n) is 4.43. The van der Waals surface area contributed by atoms with Crippen molar-refractivity contribution in [1.29, 1.82) is 0 Å². The van der Waals surface area contributed by atoms with E-state index in [0.717, 1.165) is 6.92 Å². The second-order valence-electron chi connectivity index (χ2n) is 3.50. The third kappa shape index (κ3) is 2.74. The highest BCUT2D eigenvalue weighted by Gasteiger charge is 2.46. The average molecular weight is 236 g/mol. The summed E-state index contributed by atoms with van der Waals surface area (Å²) in [5.74, 6) is -2.09. The highest BCUT2D eigenvalue weighted by molar-refractivity contribution is 5.86. The Morgan fingerprint density at radius 3 is 2.06 bits per heavy atom. The zero-order valence-electron chi connectivity index (χ0n) is 8.70. The minimum absolute atomic E-state index is 0.905. The van der Waals surface area contributed by atoms with Crippen molar-refractivity contribution in [3.05, 3.63) is 0 Å². The van der Waals surface area contributed by atoms with Gasteiger partial charge in [-0.3, -0.25) is 9.59 Å². The third-order valence-corrected chi connectivity index (χ3v) is 2.36. The summed E-state index contributed by atoms with van der Waals surface area (Å²) in [6.45, 7) is -0.214. The first kappa shape index (κ1) is 14.9. The van der Waals surface area contributed by atoms with Crippen LogP contribution in [0.15, 0.2) is 0 Å². The van der Waals surface area contributed by atoms with Crippen LogP contribution in [0.4, 0.5) is 0 Å². The molecule has 0 bridgehead atoms. The van der Waals surface area contributed by atoms with Crippen LogP contribution in [0.3, 0.4) is 0 Å². The zero-order chi connectivity index (χ0) is 13.1. The van der Waals surface area contributed by atoms with Crippen LogP contribution in [-0.4, -0.2) is 62.6 Å². The van der Waals surface area contributed by atoms with Gasteiger partial charge in [-0.05, 0) is 6.92 Å². The van der Waals surface area contributed by atoms with Crippen molar-refractivity contribution in [3.8, 4) is 0 Å². The van der Waals surface area contributed by atoms with Crippen LogP contribution in [0, 0.1) is 0 Å². The first-order valence-corrected chi connectivity index (χ1v) is 4.43. The van der Waals surface area contributed by atoms with Gasteiger partial charge in [-0.25, -0.2) is 0 Å². The summed E-state index contributed by atoms with van der Waals surface area (Å²) in [4.78, 5) is 21.6. The van der Waals surface area contributed by atoms with Crippen LogP contribution in [0.25, 0.3) is 0 Å². The minimum atomic E-state index is -2.58. The van der Waals surface area contributed by atoms with E-state index in [1.165, 1.54) is 0 Å². The molecule has 0 saturated carbocycles. The maximum atomic E-state index is 11.0. The number of Topliss-reactive ketones (excluding diaryl/α,β-unsaturated/α-hetero) is 1.